The molecule has 1 aromatic heterocycles. The molecule has 1 aliphatic rings. The molecule has 2 heterocycles. The summed E-state index contributed by atoms with van der Waals surface area (Å²) in [7, 11) is 1.80. The van der Waals surface area contributed by atoms with Gasteiger partial charge in [0.2, 0.25) is 0 Å². The minimum Gasteiger partial charge on any atom is -0.444 e. The molecule has 1 aromatic rings. The predicted octanol–water partition coefficient (Wildman–Crippen LogP) is 1.17. The van der Waals surface area contributed by atoms with Gasteiger partial charge in [-0.15, -0.1) is 0 Å². The highest BCUT2D eigenvalue weighted by atomic mass is 16.6. The molecule has 22 heavy (non-hydrogen) atoms. The molecule has 0 N–H and O–H groups in total. The molecule has 0 aromatic carbocycles. The highest BCUT2D eigenvalue weighted by Crippen LogP contribution is 2.16. The first-order valence-corrected chi connectivity index (χ1v) is 7.35. The lowest BCUT2D eigenvalue weighted by Gasteiger charge is -2.35. The molecule has 7 heteroatoms. The number of ketones is 1. The van der Waals surface area contributed by atoms with Crippen LogP contribution in [0.4, 0.5) is 4.79 Å². The van der Waals surface area contributed by atoms with E-state index in [1.807, 2.05) is 0 Å². The van der Waals surface area contributed by atoms with Crippen LogP contribution in [0.5, 0.6) is 0 Å². The molecule has 1 aliphatic heterocycles. The second-order valence-corrected chi connectivity index (χ2v) is 6.39. The lowest BCUT2D eigenvalue weighted by Crippen LogP contribution is -2.54. The molecule has 0 bridgehead atoms. The zero-order valence-electron chi connectivity index (χ0n) is 13.5. The summed E-state index contributed by atoms with van der Waals surface area (Å²) in [5.74, 6) is -0.0933. The van der Waals surface area contributed by atoms with Crippen molar-refractivity contribution in [3.05, 3.63) is 18.0 Å². The third-order valence-corrected chi connectivity index (χ3v) is 3.25. The summed E-state index contributed by atoms with van der Waals surface area (Å²) in [4.78, 5) is 26.2. The summed E-state index contributed by atoms with van der Waals surface area (Å²) >= 11 is 0. The molecule has 0 spiro atoms. The summed E-state index contributed by atoms with van der Waals surface area (Å²) in [5, 5.41) is 4.20. The Morgan fingerprint density at radius 1 is 1.45 bits per heavy atom. The molecule has 1 unspecified atom stereocenters. The Labute approximate surface area is 130 Å². The van der Waals surface area contributed by atoms with E-state index in [1.54, 1.807) is 44.8 Å². The van der Waals surface area contributed by atoms with Gasteiger partial charge < -0.3 is 9.47 Å². The van der Waals surface area contributed by atoms with Crippen LogP contribution >= 0.6 is 0 Å². The lowest BCUT2D eigenvalue weighted by atomic mass is 10.1. The molecule has 0 radical (unpaired) electrons. The van der Waals surface area contributed by atoms with E-state index >= 15 is 0 Å². The number of rotatable bonds is 3. The molecule has 0 aliphatic carbocycles. The third kappa shape index (κ3) is 4.30. The maximum absolute atomic E-state index is 12.5. The average Bonchev–Trinajstić information content (AvgIpc) is 2.82. The van der Waals surface area contributed by atoms with Crippen LogP contribution in [0.15, 0.2) is 12.3 Å². The van der Waals surface area contributed by atoms with Crippen molar-refractivity contribution in [3.63, 3.8) is 0 Å². The number of aromatic nitrogens is 2. The Bertz CT molecular complexity index is 547. The van der Waals surface area contributed by atoms with E-state index in [0.717, 1.165) is 0 Å². The van der Waals surface area contributed by atoms with Gasteiger partial charge in [-0.2, -0.15) is 5.10 Å². The highest BCUT2D eigenvalue weighted by molar-refractivity contribution is 5.89. The largest absolute Gasteiger partial charge is 0.444 e. The van der Waals surface area contributed by atoms with Gasteiger partial charge in [-0.3, -0.25) is 14.4 Å². The Kier molecular flexibility index (Phi) is 4.85. The number of Topliss-reactive ketones (excluding diaryl/α,β-unsaturated/α-hetero) is 1. The fraction of sp³-hybridized carbons (Fsp3) is 0.667. The van der Waals surface area contributed by atoms with Gasteiger partial charge in [0.25, 0.3) is 0 Å². The van der Waals surface area contributed by atoms with Gasteiger partial charge in [-0.1, -0.05) is 0 Å². The first-order chi connectivity index (χ1) is 10.3. The summed E-state index contributed by atoms with van der Waals surface area (Å²) in [6, 6.07) is 1.17. The van der Waals surface area contributed by atoms with Crippen molar-refractivity contribution in [2.24, 2.45) is 7.05 Å². The number of aryl methyl sites for hydroxylation is 1. The van der Waals surface area contributed by atoms with Gasteiger partial charge in [-0.05, 0) is 26.8 Å². The maximum Gasteiger partial charge on any atom is 0.411 e. The van der Waals surface area contributed by atoms with Gasteiger partial charge in [0.15, 0.2) is 5.78 Å². The van der Waals surface area contributed by atoms with Crippen molar-refractivity contribution in [3.8, 4) is 0 Å². The molecular weight excluding hydrogens is 286 g/mol. The predicted molar refractivity (Wildman–Crippen MR) is 79.5 cm³/mol. The Morgan fingerprint density at radius 3 is 2.77 bits per heavy atom. The zero-order valence-corrected chi connectivity index (χ0v) is 13.5. The van der Waals surface area contributed by atoms with Crippen molar-refractivity contribution in [1.29, 1.82) is 0 Å². The summed E-state index contributed by atoms with van der Waals surface area (Å²) < 4.78 is 12.4. The number of ether oxygens (including phenoxy) is 2. The smallest absolute Gasteiger partial charge is 0.411 e. The molecule has 122 valence electrons. The van der Waals surface area contributed by atoms with Crippen molar-refractivity contribution in [2.45, 2.75) is 38.8 Å². The van der Waals surface area contributed by atoms with Crippen molar-refractivity contribution in [2.75, 3.05) is 19.8 Å². The van der Waals surface area contributed by atoms with E-state index in [0.29, 0.717) is 18.8 Å². The first-order valence-electron chi connectivity index (χ1n) is 7.35. The van der Waals surface area contributed by atoms with Crippen LogP contribution < -0.4 is 0 Å². The van der Waals surface area contributed by atoms with E-state index < -0.39 is 17.7 Å². The lowest BCUT2D eigenvalue weighted by molar-refractivity contribution is -0.129. The molecule has 1 fully saturated rings. The van der Waals surface area contributed by atoms with Crippen LogP contribution in [0.1, 0.15) is 26.5 Å². The van der Waals surface area contributed by atoms with Crippen LogP contribution in [0.3, 0.4) is 0 Å². The fourth-order valence-corrected chi connectivity index (χ4v) is 2.26. The van der Waals surface area contributed by atoms with Gasteiger partial charge >= 0.3 is 6.09 Å². The first kappa shape index (κ1) is 16.5. The second kappa shape index (κ2) is 6.48. The van der Waals surface area contributed by atoms with E-state index in [-0.39, 0.29) is 18.8 Å². The average molecular weight is 309 g/mol. The number of carbonyl (C=O) groups excluding carboxylic acids is 2. The molecule has 2 rings (SSSR count). The van der Waals surface area contributed by atoms with Gasteiger partial charge in [0.1, 0.15) is 11.6 Å². The Morgan fingerprint density at radius 2 is 2.18 bits per heavy atom. The summed E-state index contributed by atoms with van der Waals surface area (Å²) in [6.45, 7) is 6.37. The molecule has 7 nitrogen and oxygen atoms in total. The quantitative estimate of drug-likeness (QED) is 0.838. The topological polar surface area (TPSA) is 73.7 Å². The molecule has 1 saturated heterocycles. The van der Waals surface area contributed by atoms with E-state index in [2.05, 4.69) is 5.10 Å². The number of hydrogen-bond acceptors (Lipinski definition) is 5. The normalized spacial score (nSPS) is 19.1. The van der Waals surface area contributed by atoms with Gasteiger partial charge in [0, 0.05) is 19.8 Å². The van der Waals surface area contributed by atoms with E-state index in [1.165, 1.54) is 4.90 Å². The van der Waals surface area contributed by atoms with Crippen LogP contribution in [0.25, 0.3) is 0 Å². The minimum atomic E-state index is -0.620. The van der Waals surface area contributed by atoms with Crippen molar-refractivity contribution < 1.29 is 19.1 Å². The zero-order chi connectivity index (χ0) is 16.3. The Hall–Kier alpha value is -1.89. The summed E-state index contributed by atoms with van der Waals surface area (Å²) in [6.07, 6.45) is 1.48. The fourth-order valence-electron chi connectivity index (χ4n) is 2.26. The number of hydrogen-bond donors (Lipinski definition) is 0. The second-order valence-electron chi connectivity index (χ2n) is 6.39. The Balaban J connectivity index is 2.05. The molecule has 0 saturated carbocycles. The standard InChI is InChI=1S/C15H23N3O4/c1-15(2,3)22-14(20)18-7-8-21-10-12(18)13(19)9-11-5-6-17(4)16-11/h5-6,12H,7-10H2,1-4H3. The number of carbonyl (C=O) groups is 2. The van der Waals surface area contributed by atoms with Crippen molar-refractivity contribution >= 4 is 11.9 Å². The van der Waals surface area contributed by atoms with Gasteiger partial charge in [0.05, 0.1) is 25.3 Å². The maximum atomic E-state index is 12.5. The third-order valence-electron chi connectivity index (χ3n) is 3.25. The van der Waals surface area contributed by atoms with Gasteiger partial charge in [-0.25, -0.2) is 4.79 Å². The highest BCUT2D eigenvalue weighted by Gasteiger charge is 2.35. The number of amides is 1. The summed E-state index contributed by atoms with van der Waals surface area (Å²) in [5.41, 5.74) is 0.0893. The van der Waals surface area contributed by atoms with Crippen LogP contribution in [-0.4, -0.2) is 58.0 Å². The van der Waals surface area contributed by atoms with Crippen molar-refractivity contribution in [1.82, 2.24) is 14.7 Å². The van der Waals surface area contributed by atoms with E-state index in [4.69, 9.17) is 9.47 Å². The number of nitrogens with zero attached hydrogens (tertiary/aromatic N) is 3. The SMILES string of the molecule is Cn1ccc(CC(=O)C2COCCN2C(=O)OC(C)(C)C)n1. The van der Waals surface area contributed by atoms with Crippen LogP contribution in [-0.2, 0) is 27.7 Å². The molecule has 1 amide bonds. The van der Waals surface area contributed by atoms with E-state index in [9.17, 15) is 9.59 Å². The number of morpholine rings is 1. The monoisotopic (exact) mass is 309 g/mol. The molecular formula is C15H23N3O4. The molecule has 1 atom stereocenters. The van der Waals surface area contributed by atoms with Crippen LogP contribution in [0, 0.1) is 0 Å². The van der Waals surface area contributed by atoms with Crippen LogP contribution in [0.2, 0.25) is 0 Å². The minimum absolute atomic E-state index is 0.0933.